The molecule has 86 valence electrons. The van der Waals surface area contributed by atoms with Crippen molar-refractivity contribution in [3.05, 3.63) is 0 Å². The third-order valence-corrected chi connectivity index (χ3v) is 3.57. The molecule has 1 fully saturated rings. The molecule has 0 saturated heterocycles. The van der Waals surface area contributed by atoms with E-state index in [4.69, 9.17) is 5.73 Å². The Labute approximate surface area is 94.0 Å². The summed E-state index contributed by atoms with van der Waals surface area (Å²) in [4.78, 5) is 0. The van der Waals surface area contributed by atoms with Crippen LogP contribution in [-0.4, -0.2) is 18.6 Å². The maximum absolute atomic E-state index is 5.85. The molecule has 0 atom stereocenters. The van der Waals surface area contributed by atoms with E-state index < -0.39 is 0 Å². The largest absolute Gasteiger partial charge is 0.329 e. The maximum Gasteiger partial charge on any atom is 0.0309 e. The van der Waals surface area contributed by atoms with Gasteiger partial charge in [0.2, 0.25) is 0 Å². The Morgan fingerprint density at radius 3 is 2.60 bits per heavy atom. The third kappa shape index (κ3) is 3.22. The predicted molar refractivity (Wildman–Crippen MR) is 65.4 cm³/mol. The first kappa shape index (κ1) is 12.5. The molecule has 0 radical (unpaired) electrons. The summed E-state index contributed by atoms with van der Waals surface area (Å²) in [6, 6.07) is 0. The normalized spacial score (nSPS) is 29.5. The highest BCUT2D eigenvalue weighted by Gasteiger charge is 2.43. The van der Waals surface area contributed by atoms with Crippen molar-refractivity contribution in [2.75, 3.05) is 13.1 Å². The number of nitrogens with two attached hydrogens (primary N) is 1. The second-order valence-electron chi connectivity index (χ2n) is 5.00. The van der Waals surface area contributed by atoms with Gasteiger partial charge in [0.25, 0.3) is 0 Å². The summed E-state index contributed by atoms with van der Waals surface area (Å²) in [6.07, 6.45) is 3.41. The number of rotatable bonds is 5. The first-order valence-electron chi connectivity index (χ1n) is 5.98. The lowest BCUT2D eigenvalue weighted by atomic mass is 9.64. The Hall–Kier alpha value is -0.520. The lowest BCUT2D eigenvalue weighted by Gasteiger charge is -2.49. The van der Waals surface area contributed by atoms with Crippen LogP contribution in [0.25, 0.3) is 0 Å². The standard InChI is InChI=1S/C13H24N2/c1-4-5-6-7-15-13(10-14)8-12(9-13)11(2)3/h11-12,15H,6-10,14H2,1-3H3. The van der Waals surface area contributed by atoms with E-state index in [1.165, 1.54) is 12.8 Å². The van der Waals surface area contributed by atoms with E-state index in [1.807, 2.05) is 6.92 Å². The molecule has 0 spiro atoms. The van der Waals surface area contributed by atoms with Gasteiger partial charge in [0.15, 0.2) is 0 Å². The summed E-state index contributed by atoms with van der Waals surface area (Å²) >= 11 is 0. The molecule has 0 unspecified atom stereocenters. The summed E-state index contributed by atoms with van der Waals surface area (Å²) in [7, 11) is 0. The molecule has 1 aliphatic carbocycles. The second-order valence-corrected chi connectivity index (χ2v) is 5.00. The Morgan fingerprint density at radius 2 is 2.13 bits per heavy atom. The van der Waals surface area contributed by atoms with E-state index in [9.17, 15) is 0 Å². The number of nitrogens with one attached hydrogen (secondary N) is 1. The van der Waals surface area contributed by atoms with Gasteiger partial charge < -0.3 is 11.1 Å². The molecule has 1 saturated carbocycles. The van der Waals surface area contributed by atoms with Gasteiger partial charge in [-0.05, 0) is 31.6 Å². The van der Waals surface area contributed by atoms with Crippen LogP contribution in [0.3, 0.4) is 0 Å². The van der Waals surface area contributed by atoms with Crippen molar-refractivity contribution in [2.24, 2.45) is 17.6 Å². The highest BCUT2D eigenvalue weighted by molar-refractivity contribution is 5.03. The van der Waals surface area contributed by atoms with Gasteiger partial charge >= 0.3 is 0 Å². The topological polar surface area (TPSA) is 38.0 Å². The molecule has 0 aromatic heterocycles. The number of hydrogen-bond donors (Lipinski definition) is 2. The summed E-state index contributed by atoms with van der Waals surface area (Å²) in [6.45, 7) is 8.22. The lowest BCUT2D eigenvalue weighted by Crippen LogP contribution is -2.61. The van der Waals surface area contributed by atoms with Crippen LogP contribution in [0.4, 0.5) is 0 Å². The van der Waals surface area contributed by atoms with Crippen molar-refractivity contribution in [2.45, 2.75) is 45.6 Å². The number of hydrogen-bond acceptors (Lipinski definition) is 2. The van der Waals surface area contributed by atoms with Crippen LogP contribution in [0.2, 0.25) is 0 Å². The van der Waals surface area contributed by atoms with Gasteiger partial charge in [-0.15, -0.1) is 11.8 Å². The van der Waals surface area contributed by atoms with E-state index >= 15 is 0 Å². The first-order chi connectivity index (χ1) is 7.13. The molecule has 3 N–H and O–H groups in total. The van der Waals surface area contributed by atoms with Gasteiger partial charge in [-0.1, -0.05) is 13.8 Å². The van der Waals surface area contributed by atoms with E-state index in [0.29, 0.717) is 0 Å². The Bertz CT molecular complexity index is 241. The molecular weight excluding hydrogens is 184 g/mol. The quantitative estimate of drug-likeness (QED) is 0.533. The monoisotopic (exact) mass is 208 g/mol. The minimum Gasteiger partial charge on any atom is -0.329 e. The SMILES string of the molecule is CC#CCCNC1(CN)CC(C(C)C)C1. The fraction of sp³-hybridized carbons (Fsp3) is 0.846. The zero-order valence-corrected chi connectivity index (χ0v) is 10.3. The average molecular weight is 208 g/mol. The molecule has 0 aliphatic heterocycles. The molecule has 0 aromatic rings. The van der Waals surface area contributed by atoms with Crippen LogP contribution in [0.15, 0.2) is 0 Å². The van der Waals surface area contributed by atoms with Gasteiger partial charge in [0, 0.05) is 25.0 Å². The van der Waals surface area contributed by atoms with Crippen molar-refractivity contribution < 1.29 is 0 Å². The van der Waals surface area contributed by atoms with Crippen molar-refractivity contribution in [3.8, 4) is 11.8 Å². The summed E-state index contributed by atoms with van der Waals surface area (Å²) in [5.74, 6) is 7.64. The first-order valence-corrected chi connectivity index (χ1v) is 5.98. The molecular formula is C13H24N2. The molecule has 2 heteroatoms. The Balaban J connectivity index is 2.28. The van der Waals surface area contributed by atoms with Gasteiger partial charge in [-0.3, -0.25) is 0 Å². The molecule has 2 nitrogen and oxygen atoms in total. The van der Waals surface area contributed by atoms with E-state index in [0.717, 1.165) is 31.3 Å². The van der Waals surface area contributed by atoms with Crippen LogP contribution in [0, 0.1) is 23.7 Å². The summed E-state index contributed by atoms with van der Waals surface area (Å²) < 4.78 is 0. The van der Waals surface area contributed by atoms with Crippen molar-refractivity contribution in [3.63, 3.8) is 0 Å². The minimum absolute atomic E-state index is 0.227. The van der Waals surface area contributed by atoms with Crippen LogP contribution < -0.4 is 11.1 Å². The Kier molecular flexibility index (Phi) is 4.63. The second kappa shape index (κ2) is 5.53. The average Bonchev–Trinajstić information content (AvgIpc) is 2.15. The van der Waals surface area contributed by atoms with Crippen molar-refractivity contribution >= 4 is 0 Å². The highest BCUT2D eigenvalue weighted by Crippen LogP contribution is 2.41. The minimum atomic E-state index is 0.227. The van der Waals surface area contributed by atoms with Crippen LogP contribution in [0.1, 0.15) is 40.0 Å². The highest BCUT2D eigenvalue weighted by atomic mass is 15.0. The summed E-state index contributed by atoms with van der Waals surface area (Å²) in [5.41, 5.74) is 6.07. The van der Waals surface area contributed by atoms with Crippen molar-refractivity contribution in [1.82, 2.24) is 5.32 Å². The fourth-order valence-electron chi connectivity index (χ4n) is 2.31. The van der Waals surface area contributed by atoms with Crippen LogP contribution in [-0.2, 0) is 0 Å². The molecule has 15 heavy (non-hydrogen) atoms. The van der Waals surface area contributed by atoms with Gasteiger partial charge in [0.05, 0.1) is 0 Å². The van der Waals surface area contributed by atoms with Gasteiger partial charge in [-0.25, -0.2) is 0 Å². The lowest BCUT2D eigenvalue weighted by molar-refractivity contribution is 0.0778. The zero-order valence-electron chi connectivity index (χ0n) is 10.3. The van der Waals surface area contributed by atoms with E-state index in [2.05, 4.69) is 31.0 Å². The smallest absolute Gasteiger partial charge is 0.0309 e. The predicted octanol–water partition coefficient (Wildman–Crippen LogP) is 1.75. The fourth-order valence-corrected chi connectivity index (χ4v) is 2.31. The van der Waals surface area contributed by atoms with E-state index in [1.54, 1.807) is 0 Å². The van der Waals surface area contributed by atoms with Crippen LogP contribution in [0.5, 0.6) is 0 Å². The molecule has 1 aliphatic rings. The third-order valence-electron chi connectivity index (χ3n) is 3.57. The van der Waals surface area contributed by atoms with Gasteiger partial charge in [-0.2, -0.15) is 0 Å². The van der Waals surface area contributed by atoms with Crippen molar-refractivity contribution in [1.29, 1.82) is 0 Å². The maximum atomic E-state index is 5.85. The summed E-state index contributed by atoms with van der Waals surface area (Å²) in [5, 5.41) is 3.57. The molecule has 0 aromatic carbocycles. The molecule has 0 amide bonds. The van der Waals surface area contributed by atoms with Gasteiger partial charge in [0.1, 0.15) is 0 Å². The zero-order chi connectivity index (χ0) is 11.3. The molecule has 0 heterocycles. The molecule has 0 bridgehead atoms. The van der Waals surface area contributed by atoms with E-state index in [-0.39, 0.29) is 5.54 Å². The van der Waals surface area contributed by atoms with Crippen LogP contribution >= 0.6 is 0 Å². The Morgan fingerprint density at radius 1 is 1.47 bits per heavy atom. The molecule has 1 rings (SSSR count).